The van der Waals surface area contributed by atoms with Gasteiger partial charge in [0.1, 0.15) is 11.2 Å². The zero-order valence-corrected chi connectivity index (χ0v) is 39.1. The van der Waals surface area contributed by atoms with Crippen molar-refractivity contribution < 1.29 is 4.42 Å². The van der Waals surface area contributed by atoms with Crippen LogP contribution in [0.4, 0.5) is 0 Å². The Hall–Kier alpha value is -8.71. The van der Waals surface area contributed by atoms with Crippen LogP contribution in [0.5, 0.6) is 0 Å². The average molecular weight is 913 g/mol. The normalized spacial score (nSPS) is 13.1. The molecular weight excluding hydrogens is 873 g/mol. The molecule has 0 atom stereocenters. The Morgan fingerprint density at radius 2 is 1.04 bits per heavy atom. The summed E-state index contributed by atoms with van der Waals surface area (Å²) in [6, 6.07) is 74.1. The van der Waals surface area contributed by atoms with E-state index in [9.17, 15) is 0 Å². The van der Waals surface area contributed by atoms with Crippen molar-refractivity contribution in [3.05, 3.63) is 217 Å². The van der Waals surface area contributed by atoms with E-state index in [1.807, 2.05) is 12.1 Å². The van der Waals surface area contributed by atoms with E-state index in [2.05, 4.69) is 213 Å². The van der Waals surface area contributed by atoms with Gasteiger partial charge in [-0.2, -0.15) is 0 Å². The lowest BCUT2D eigenvalue weighted by Crippen LogP contribution is -2.14. The van der Waals surface area contributed by atoms with Gasteiger partial charge in [-0.25, -0.2) is 15.0 Å². The number of nitrogens with zero attached hydrogens (tertiary/aromatic N) is 4. The molecule has 0 saturated carbocycles. The van der Waals surface area contributed by atoms with Crippen LogP contribution in [0.3, 0.4) is 0 Å². The number of fused-ring (bicyclic) bond motifs is 14. The summed E-state index contributed by atoms with van der Waals surface area (Å²) in [6.45, 7) is 4.62. The molecule has 70 heavy (non-hydrogen) atoms. The Morgan fingerprint density at radius 3 is 1.90 bits per heavy atom. The van der Waals surface area contributed by atoms with Gasteiger partial charge < -0.3 is 8.98 Å². The fraction of sp³-hybridized carbons (Fsp3) is 0.0469. The summed E-state index contributed by atoms with van der Waals surface area (Å²) in [6.07, 6.45) is 0. The van der Waals surface area contributed by atoms with Crippen LogP contribution in [0.1, 0.15) is 25.0 Å². The van der Waals surface area contributed by atoms with Crippen LogP contribution >= 0.6 is 11.3 Å². The minimum atomic E-state index is -0.181. The van der Waals surface area contributed by atoms with Crippen molar-refractivity contribution in [3.63, 3.8) is 0 Å². The second-order valence-corrected chi connectivity index (χ2v) is 20.1. The van der Waals surface area contributed by atoms with Crippen LogP contribution in [0, 0.1) is 0 Å². The Kier molecular flexibility index (Phi) is 8.22. The molecule has 0 aliphatic heterocycles. The van der Waals surface area contributed by atoms with Crippen molar-refractivity contribution >= 4 is 86.0 Å². The highest BCUT2D eigenvalue weighted by atomic mass is 32.1. The van der Waals surface area contributed by atoms with Crippen molar-refractivity contribution in [2.45, 2.75) is 19.3 Å². The van der Waals surface area contributed by atoms with Gasteiger partial charge >= 0.3 is 0 Å². The van der Waals surface area contributed by atoms with E-state index in [1.54, 1.807) is 11.3 Å². The van der Waals surface area contributed by atoms with Gasteiger partial charge in [-0.3, -0.25) is 0 Å². The standard InChI is InChI=1S/C64H40N4OS/c1-64(2)51-29-11-8-22-45(51)57-47(26-16-30-52(57)64)61-65-62(48-27-14-24-43-40-20-10-13-32-55(40)69-59(43)48)67-63(66-61)49-28-15-25-44-41-34-33-38(35-56(41)70-60(44)49)68-53-31-12-9-23-46(53)58-42-21-7-6-19-39(42)50(36-54(58)68)37-17-4-3-5-18-37/h3-36H,1-2H3. The van der Waals surface area contributed by atoms with E-state index in [1.165, 1.54) is 81.4 Å². The van der Waals surface area contributed by atoms with Gasteiger partial charge in [0, 0.05) is 63.9 Å². The second-order valence-electron chi connectivity index (χ2n) is 19.0. The number of rotatable bonds is 5. The Morgan fingerprint density at radius 1 is 0.429 bits per heavy atom. The van der Waals surface area contributed by atoms with Gasteiger partial charge in [0.05, 0.1) is 16.6 Å². The fourth-order valence-corrected chi connectivity index (χ4v) is 12.9. The molecule has 5 nitrogen and oxygen atoms in total. The van der Waals surface area contributed by atoms with E-state index in [4.69, 9.17) is 19.4 Å². The average Bonchev–Trinajstić information content (AvgIpc) is 4.15. The summed E-state index contributed by atoms with van der Waals surface area (Å²) in [7, 11) is 0. The number of hydrogen-bond donors (Lipinski definition) is 0. The molecule has 328 valence electrons. The molecule has 0 radical (unpaired) electrons. The lowest BCUT2D eigenvalue weighted by molar-refractivity contribution is 0.660. The second kappa shape index (κ2) is 14.6. The fourth-order valence-electron chi connectivity index (χ4n) is 11.7. The molecule has 4 aromatic heterocycles. The Balaban J connectivity index is 0.959. The number of hydrogen-bond acceptors (Lipinski definition) is 5. The van der Waals surface area contributed by atoms with Crippen LogP contribution in [0.25, 0.3) is 137 Å². The SMILES string of the molecule is CC1(C)c2ccccc2-c2c(-c3nc(-c4cccc5c4oc4ccccc45)nc(-c4cccc5c4sc4cc(-n6c7ccccc7c7c8ccccc8c(-c8ccccc8)cc76)ccc45)n3)cccc21. The molecule has 0 bridgehead atoms. The lowest BCUT2D eigenvalue weighted by Gasteiger charge is -2.21. The maximum absolute atomic E-state index is 6.63. The van der Waals surface area contributed by atoms with E-state index in [0.717, 1.165) is 49.0 Å². The summed E-state index contributed by atoms with van der Waals surface area (Å²) < 4.78 is 11.4. The van der Waals surface area contributed by atoms with E-state index in [-0.39, 0.29) is 5.41 Å². The highest BCUT2D eigenvalue weighted by Gasteiger charge is 2.37. The molecule has 4 heterocycles. The molecular formula is C64H40N4OS. The van der Waals surface area contributed by atoms with Crippen molar-refractivity contribution in [3.8, 4) is 62.1 Å². The van der Waals surface area contributed by atoms with Crippen molar-refractivity contribution in [2.75, 3.05) is 0 Å². The lowest BCUT2D eigenvalue weighted by atomic mass is 9.82. The minimum absolute atomic E-state index is 0.181. The van der Waals surface area contributed by atoms with Crippen LogP contribution in [-0.2, 0) is 5.41 Å². The molecule has 0 N–H and O–H groups in total. The van der Waals surface area contributed by atoms with Crippen LogP contribution < -0.4 is 0 Å². The van der Waals surface area contributed by atoms with Gasteiger partial charge in [0.2, 0.25) is 0 Å². The summed E-state index contributed by atoms with van der Waals surface area (Å²) in [5.74, 6) is 1.82. The minimum Gasteiger partial charge on any atom is -0.455 e. The Bertz CT molecular complexity index is 4520. The van der Waals surface area contributed by atoms with Crippen LogP contribution in [-0.4, -0.2) is 19.5 Å². The molecule has 15 rings (SSSR count). The molecule has 0 fully saturated rings. The third kappa shape index (κ3) is 5.56. The molecule has 6 heteroatoms. The van der Waals surface area contributed by atoms with Crippen LogP contribution in [0.15, 0.2) is 211 Å². The predicted octanol–water partition coefficient (Wildman–Crippen LogP) is 17.4. The molecule has 14 aromatic rings. The first-order valence-corrected chi connectivity index (χ1v) is 24.7. The van der Waals surface area contributed by atoms with Gasteiger partial charge in [-0.15, -0.1) is 11.3 Å². The summed E-state index contributed by atoms with van der Waals surface area (Å²) in [4.78, 5) is 16.3. The van der Waals surface area contributed by atoms with Crippen molar-refractivity contribution in [1.29, 1.82) is 0 Å². The number of benzene rings is 10. The highest BCUT2D eigenvalue weighted by molar-refractivity contribution is 7.26. The van der Waals surface area contributed by atoms with Crippen LogP contribution in [0.2, 0.25) is 0 Å². The molecule has 0 spiro atoms. The zero-order valence-electron chi connectivity index (χ0n) is 38.2. The third-order valence-electron chi connectivity index (χ3n) is 14.9. The smallest absolute Gasteiger partial charge is 0.167 e. The molecule has 0 unspecified atom stereocenters. The number of furan rings is 1. The predicted molar refractivity (Wildman–Crippen MR) is 291 cm³/mol. The van der Waals surface area contributed by atoms with Crippen molar-refractivity contribution in [1.82, 2.24) is 19.5 Å². The first kappa shape index (κ1) is 39.3. The van der Waals surface area contributed by atoms with E-state index in [0.29, 0.717) is 17.5 Å². The molecule has 1 aliphatic rings. The topological polar surface area (TPSA) is 56.7 Å². The largest absolute Gasteiger partial charge is 0.455 e. The van der Waals surface area contributed by atoms with Crippen molar-refractivity contribution in [2.24, 2.45) is 0 Å². The number of thiophene rings is 1. The summed E-state index contributed by atoms with van der Waals surface area (Å²) in [5, 5.41) is 9.47. The maximum Gasteiger partial charge on any atom is 0.167 e. The molecule has 0 saturated heterocycles. The molecule has 10 aromatic carbocycles. The quantitative estimate of drug-likeness (QED) is 0.173. The van der Waals surface area contributed by atoms with E-state index < -0.39 is 0 Å². The third-order valence-corrected chi connectivity index (χ3v) is 16.1. The first-order valence-electron chi connectivity index (χ1n) is 23.8. The zero-order chi connectivity index (χ0) is 46.2. The van der Waals surface area contributed by atoms with Gasteiger partial charge in [0.15, 0.2) is 17.5 Å². The Labute approximate surface area is 406 Å². The van der Waals surface area contributed by atoms with Gasteiger partial charge in [-0.1, -0.05) is 178 Å². The number of aromatic nitrogens is 4. The summed E-state index contributed by atoms with van der Waals surface area (Å²) >= 11 is 1.80. The first-order chi connectivity index (χ1) is 34.5. The maximum atomic E-state index is 6.63. The summed E-state index contributed by atoms with van der Waals surface area (Å²) in [5.41, 5.74) is 15.1. The van der Waals surface area contributed by atoms with Gasteiger partial charge in [0.25, 0.3) is 0 Å². The van der Waals surface area contributed by atoms with E-state index >= 15 is 0 Å². The van der Waals surface area contributed by atoms with Gasteiger partial charge in [-0.05, 0) is 86.6 Å². The number of para-hydroxylation sites is 3. The molecule has 1 aliphatic carbocycles. The monoisotopic (exact) mass is 912 g/mol. The highest BCUT2D eigenvalue weighted by Crippen LogP contribution is 2.52. The molecule has 0 amide bonds.